The summed E-state index contributed by atoms with van der Waals surface area (Å²) in [6.07, 6.45) is 7.44. The molecule has 33 heavy (non-hydrogen) atoms. The standard InChI is InChI=1S/C25H24N4O2S2/c30-23-19(22(27-13-6-2-7-14-27)26-21-11-5-8-15-28(21)23)17-20-24(31)29(25(32)33-20)16-12-18-9-3-1-4-10-18/h1,3-5,8-11,15,17H,2,6-7,12-14,16H2. The van der Waals surface area contributed by atoms with Gasteiger partial charge in [-0.2, -0.15) is 0 Å². The van der Waals surface area contributed by atoms with E-state index in [1.807, 2.05) is 48.5 Å². The minimum absolute atomic E-state index is 0.150. The summed E-state index contributed by atoms with van der Waals surface area (Å²) in [6.45, 7) is 2.22. The van der Waals surface area contributed by atoms with Crippen molar-refractivity contribution in [3.8, 4) is 0 Å². The predicted molar refractivity (Wildman–Crippen MR) is 138 cm³/mol. The molecule has 0 N–H and O–H groups in total. The fraction of sp³-hybridized carbons (Fsp3) is 0.280. The molecular formula is C25H24N4O2S2. The van der Waals surface area contributed by atoms with Crippen LogP contribution in [-0.4, -0.2) is 44.1 Å². The number of carbonyl (C=O) groups excluding carboxylic acids is 1. The molecule has 2 fully saturated rings. The van der Waals surface area contributed by atoms with Crippen LogP contribution >= 0.6 is 24.0 Å². The largest absolute Gasteiger partial charge is 0.356 e. The van der Waals surface area contributed by atoms with Crippen LogP contribution in [0.2, 0.25) is 0 Å². The van der Waals surface area contributed by atoms with Gasteiger partial charge in [-0.3, -0.25) is 18.9 Å². The lowest BCUT2D eigenvalue weighted by atomic mass is 10.1. The number of hydrogen-bond donors (Lipinski definition) is 0. The lowest BCUT2D eigenvalue weighted by Crippen LogP contribution is -2.33. The van der Waals surface area contributed by atoms with Gasteiger partial charge in [-0.25, -0.2) is 4.98 Å². The molecule has 0 radical (unpaired) electrons. The predicted octanol–water partition coefficient (Wildman–Crippen LogP) is 4.13. The lowest BCUT2D eigenvalue weighted by molar-refractivity contribution is -0.122. The Morgan fingerprint density at radius 1 is 1.00 bits per heavy atom. The van der Waals surface area contributed by atoms with Crippen molar-refractivity contribution in [1.29, 1.82) is 0 Å². The van der Waals surface area contributed by atoms with Gasteiger partial charge in [-0.05, 0) is 49.5 Å². The highest BCUT2D eigenvalue weighted by atomic mass is 32.2. The Kier molecular flexibility index (Phi) is 6.28. The van der Waals surface area contributed by atoms with E-state index < -0.39 is 0 Å². The van der Waals surface area contributed by atoms with Crippen molar-refractivity contribution in [3.63, 3.8) is 0 Å². The van der Waals surface area contributed by atoms with E-state index in [2.05, 4.69) is 4.90 Å². The molecule has 2 saturated heterocycles. The second kappa shape index (κ2) is 9.49. The van der Waals surface area contributed by atoms with Gasteiger partial charge in [0.05, 0.1) is 10.5 Å². The van der Waals surface area contributed by atoms with Gasteiger partial charge in [0.2, 0.25) is 0 Å². The molecule has 2 aliphatic rings. The van der Waals surface area contributed by atoms with Crippen molar-refractivity contribution in [2.75, 3.05) is 24.5 Å². The van der Waals surface area contributed by atoms with Crippen molar-refractivity contribution in [2.24, 2.45) is 0 Å². The maximum absolute atomic E-state index is 13.4. The zero-order valence-corrected chi connectivity index (χ0v) is 19.8. The number of amides is 1. The molecule has 0 spiro atoms. The molecule has 5 rings (SSSR count). The molecule has 0 atom stereocenters. The highest BCUT2D eigenvalue weighted by Crippen LogP contribution is 2.34. The number of anilines is 1. The molecule has 2 aliphatic heterocycles. The van der Waals surface area contributed by atoms with Crippen molar-refractivity contribution in [3.05, 3.63) is 81.1 Å². The number of benzene rings is 1. The first kappa shape index (κ1) is 21.9. The van der Waals surface area contributed by atoms with Gasteiger partial charge in [0.1, 0.15) is 15.8 Å². The van der Waals surface area contributed by atoms with Gasteiger partial charge in [-0.1, -0.05) is 60.4 Å². The van der Waals surface area contributed by atoms with E-state index in [1.165, 1.54) is 22.6 Å². The molecule has 3 aromatic rings. The Bertz CT molecular complexity index is 1300. The van der Waals surface area contributed by atoms with E-state index in [0.29, 0.717) is 32.8 Å². The summed E-state index contributed by atoms with van der Waals surface area (Å²) in [7, 11) is 0. The number of hydrogen-bond acceptors (Lipinski definition) is 6. The lowest BCUT2D eigenvalue weighted by Gasteiger charge is -2.29. The number of rotatable bonds is 5. The van der Waals surface area contributed by atoms with E-state index in [1.54, 1.807) is 17.2 Å². The number of thiocarbonyl (C=S) groups is 1. The minimum atomic E-state index is -0.171. The van der Waals surface area contributed by atoms with Gasteiger partial charge >= 0.3 is 0 Å². The van der Waals surface area contributed by atoms with E-state index in [4.69, 9.17) is 17.2 Å². The molecule has 0 bridgehead atoms. The molecule has 2 aromatic heterocycles. The second-order valence-corrected chi connectivity index (χ2v) is 9.88. The highest BCUT2D eigenvalue weighted by Gasteiger charge is 2.32. The summed E-state index contributed by atoms with van der Waals surface area (Å²) in [5.74, 6) is 0.503. The Labute approximate surface area is 201 Å². The average Bonchev–Trinajstić information content (AvgIpc) is 3.12. The van der Waals surface area contributed by atoms with E-state index in [0.717, 1.165) is 37.9 Å². The highest BCUT2D eigenvalue weighted by molar-refractivity contribution is 8.26. The zero-order valence-electron chi connectivity index (χ0n) is 18.1. The van der Waals surface area contributed by atoms with Gasteiger partial charge in [-0.15, -0.1) is 0 Å². The van der Waals surface area contributed by atoms with Crippen LogP contribution in [0.4, 0.5) is 5.82 Å². The molecule has 0 unspecified atom stereocenters. The Morgan fingerprint density at radius 3 is 2.55 bits per heavy atom. The molecule has 8 heteroatoms. The third-order valence-electron chi connectivity index (χ3n) is 6.02. The summed E-state index contributed by atoms with van der Waals surface area (Å²) in [6, 6.07) is 15.6. The van der Waals surface area contributed by atoms with Crippen LogP contribution < -0.4 is 10.5 Å². The van der Waals surface area contributed by atoms with Crippen LogP contribution in [0.3, 0.4) is 0 Å². The Balaban J connectivity index is 1.50. The van der Waals surface area contributed by atoms with Crippen LogP contribution in [0.1, 0.15) is 30.4 Å². The third kappa shape index (κ3) is 4.45. The number of pyridine rings is 1. The van der Waals surface area contributed by atoms with Crippen LogP contribution in [0.15, 0.2) is 64.4 Å². The maximum Gasteiger partial charge on any atom is 0.267 e. The normalized spacial score (nSPS) is 18.0. The number of thioether (sulfide) groups is 1. The second-order valence-electron chi connectivity index (χ2n) is 8.20. The average molecular weight is 477 g/mol. The summed E-state index contributed by atoms with van der Waals surface area (Å²) in [4.78, 5) is 35.7. The number of fused-ring (bicyclic) bond motifs is 1. The molecule has 0 saturated carbocycles. The molecule has 6 nitrogen and oxygen atoms in total. The van der Waals surface area contributed by atoms with Crippen LogP contribution in [0.25, 0.3) is 11.7 Å². The number of carbonyl (C=O) groups is 1. The van der Waals surface area contributed by atoms with Crippen LogP contribution in [-0.2, 0) is 11.2 Å². The summed E-state index contributed by atoms with van der Waals surface area (Å²) < 4.78 is 2.06. The summed E-state index contributed by atoms with van der Waals surface area (Å²) in [5.41, 5.74) is 2.04. The van der Waals surface area contributed by atoms with Crippen molar-refractivity contribution in [2.45, 2.75) is 25.7 Å². The zero-order chi connectivity index (χ0) is 22.8. The molecule has 4 heterocycles. The SMILES string of the molecule is O=C1C(=Cc2c(N3CCCCC3)nc3ccccn3c2=O)SC(=S)N1CCc1ccccc1. The quantitative estimate of drug-likeness (QED) is 0.408. The smallest absolute Gasteiger partial charge is 0.267 e. The molecule has 1 aromatic carbocycles. The van der Waals surface area contributed by atoms with E-state index in [9.17, 15) is 9.59 Å². The number of aromatic nitrogens is 2. The first-order valence-corrected chi connectivity index (χ1v) is 12.4. The van der Waals surface area contributed by atoms with Gasteiger partial charge in [0.25, 0.3) is 11.5 Å². The van der Waals surface area contributed by atoms with Gasteiger partial charge in [0.15, 0.2) is 0 Å². The van der Waals surface area contributed by atoms with Crippen molar-refractivity contribution in [1.82, 2.24) is 14.3 Å². The topological polar surface area (TPSA) is 57.9 Å². The van der Waals surface area contributed by atoms with Crippen LogP contribution in [0.5, 0.6) is 0 Å². The van der Waals surface area contributed by atoms with Crippen molar-refractivity contribution >= 4 is 51.7 Å². The number of nitrogens with zero attached hydrogens (tertiary/aromatic N) is 4. The molecule has 168 valence electrons. The number of piperidine rings is 1. The minimum Gasteiger partial charge on any atom is -0.356 e. The van der Waals surface area contributed by atoms with Crippen molar-refractivity contribution < 1.29 is 4.79 Å². The molecular weight excluding hydrogens is 452 g/mol. The molecule has 1 amide bonds. The van der Waals surface area contributed by atoms with E-state index in [-0.39, 0.29) is 11.5 Å². The summed E-state index contributed by atoms with van der Waals surface area (Å²) in [5, 5.41) is 0. The van der Waals surface area contributed by atoms with Crippen LogP contribution in [0, 0.1) is 0 Å². The molecule has 0 aliphatic carbocycles. The van der Waals surface area contributed by atoms with Gasteiger partial charge in [0, 0.05) is 25.8 Å². The first-order chi connectivity index (χ1) is 16.1. The Hall–Kier alpha value is -2.97. The third-order valence-corrected chi connectivity index (χ3v) is 7.40. The fourth-order valence-corrected chi connectivity index (χ4v) is 5.56. The maximum atomic E-state index is 13.4. The Morgan fingerprint density at radius 2 is 1.76 bits per heavy atom. The summed E-state index contributed by atoms with van der Waals surface area (Å²) >= 11 is 6.77. The monoisotopic (exact) mass is 476 g/mol. The van der Waals surface area contributed by atoms with E-state index >= 15 is 0 Å². The fourth-order valence-electron chi connectivity index (χ4n) is 4.27. The van der Waals surface area contributed by atoms with Gasteiger partial charge < -0.3 is 4.90 Å². The first-order valence-electron chi connectivity index (χ1n) is 11.2.